The first kappa shape index (κ1) is 13.4. The molecule has 106 valence electrons. The summed E-state index contributed by atoms with van der Waals surface area (Å²) in [5.74, 6) is 1.03. The van der Waals surface area contributed by atoms with Gasteiger partial charge in [0, 0.05) is 28.6 Å². The number of thiazole rings is 1. The van der Waals surface area contributed by atoms with Gasteiger partial charge in [-0.3, -0.25) is 0 Å². The van der Waals surface area contributed by atoms with Crippen molar-refractivity contribution in [3.8, 4) is 5.75 Å². The molecule has 4 heteroatoms. The molecule has 3 nitrogen and oxygen atoms in total. The zero-order valence-electron chi connectivity index (χ0n) is 12.2. The Morgan fingerprint density at radius 3 is 2.95 bits per heavy atom. The van der Waals surface area contributed by atoms with Gasteiger partial charge in [0.25, 0.3) is 0 Å². The molecule has 0 aliphatic carbocycles. The molecule has 20 heavy (non-hydrogen) atoms. The van der Waals surface area contributed by atoms with Crippen molar-refractivity contribution in [1.82, 2.24) is 4.98 Å². The molecular weight excluding hydrogens is 268 g/mol. The van der Waals surface area contributed by atoms with E-state index in [1.807, 2.05) is 6.20 Å². The number of hydrogen-bond acceptors (Lipinski definition) is 4. The van der Waals surface area contributed by atoms with Gasteiger partial charge < -0.3 is 10.1 Å². The minimum atomic E-state index is 0.133. The average molecular weight is 288 g/mol. The van der Waals surface area contributed by atoms with Crippen molar-refractivity contribution in [2.45, 2.75) is 39.2 Å². The number of nitrogens with zero attached hydrogens (tertiary/aromatic N) is 1. The van der Waals surface area contributed by atoms with E-state index in [1.54, 1.807) is 11.3 Å². The number of benzene rings is 1. The minimum absolute atomic E-state index is 0.133. The smallest absolute Gasteiger partial charge is 0.122 e. The third-order valence-electron chi connectivity index (χ3n) is 3.35. The van der Waals surface area contributed by atoms with Crippen molar-refractivity contribution in [3.05, 3.63) is 39.8 Å². The lowest BCUT2D eigenvalue weighted by atomic mass is 9.98. The number of nitrogens with one attached hydrogen (secondary N) is 1. The minimum Gasteiger partial charge on any atom is -0.493 e. The number of ether oxygens (including phenoxy) is 1. The van der Waals surface area contributed by atoms with Gasteiger partial charge in [-0.05, 0) is 23.8 Å². The zero-order valence-corrected chi connectivity index (χ0v) is 13.0. The Morgan fingerprint density at radius 2 is 2.20 bits per heavy atom. The Bertz CT molecular complexity index is 613. The Labute approximate surface area is 124 Å². The van der Waals surface area contributed by atoms with Gasteiger partial charge in [0.2, 0.25) is 0 Å². The van der Waals surface area contributed by atoms with Crippen LogP contribution in [0.1, 0.15) is 36.2 Å². The van der Waals surface area contributed by atoms with Crippen LogP contribution in [-0.4, -0.2) is 11.6 Å². The van der Waals surface area contributed by atoms with Gasteiger partial charge in [-0.1, -0.05) is 20.8 Å². The van der Waals surface area contributed by atoms with Gasteiger partial charge in [0.1, 0.15) is 5.75 Å². The lowest BCUT2D eigenvalue weighted by molar-refractivity contribution is 0.357. The highest BCUT2D eigenvalue weighted by Crippen LogP contribution is 2.29. The molecule has 1 aromatic heterocycles. The van der Waals surface area contributed by atoms with E-state index in [-0.39, 0.29) is 5.41 Å². The van der Waals surface area contributed by atoms with Crippen LogP contribution in [0.3, 0.4) is 0 Å². The van der Waals surface area contributed by atoms with Gasteiger partial charge in [0.15, 0.2) is 0 Å². The Balaban J connectivity index is 1.66. The molecule has 0 unspecified atom stereocenters. The summed E-state index contributed by atoms with van der Waals surface area (Å²) in [6.45, 7) is 8.23. The van der Waals surface area contributed by atoms with E-state index in [9.17, 15) is 0 Å². The second kappa shape index (κ2) is 5.09. The van der Waals surface area contributed by atoms with Crippen LogP contribution in [0.4, 0.5) is 5.69 Å². The van der Waals surface area contributed by atoms with Crippen molar-refractivity contribution >= 4 is 17.0 Å². The predicted molar refractivity (Wildman–Crippen MR) is 83.8 cm³/mol. The molecule has 0 saturated carbocycles. The summed E-state index contributed by atoms with van der Waals surface area (Å²) in [5, 5.41) is 4.66. The summed E-state index contributed by atoms with van der Waals surface area (Å²) in [4.78, 5) is 5.79. The molecule has 0 atom stereocenters. The van der Waals surface area contributed by atoms with Crippen LogP contribution in [0.25, 0.3) is 0 Å². The van der Waals surface area contributed by atoms with Crippen LogP contribution in [0, 0.1) is 0 Å². The standard InChI is InChI=1S/C16H20N2OS/c1-16(2,3)15-18-10-13(20-15)9-17-12-4-5-14-11(8-12)6-7-19-14/h4-5,8,10,17H,6-7,9H2,1-3H3. The highest BCUT2D eigenvalue weighted by molar-refractivity contribution is 7.11. The SMILES string of the molecule is CC(C)(C)c1ncc(CNc2ccc3c(c2)CCO3)s1. The van der Waals surface area contributed by atoms with Crippen LogP contribution in [0.5, 0.6) is 5.75 Å². The van der Waals surface area contributed by atoms with E-state index in [4.69, 9.17) is 4.74 Å². The van der Waals surface area contributed by atoms with Gasteiger partial charge in [-0.2, -0.15) is 0 Å². The maximum Gasteiger partial charge on any atom is 0.122 e. The number of fused-ring (bicyclic) bond motifs is 1. The van der Waals surface area contributed by atoms with Gasteiger partial charge >= 0.3 is 0 Å². The maximum atomic E-state index is 5.52. The van der Waals surface area contributed by atoms with Crippen molar-refractivity contribution in [1.29, 1.82) is 0 Å². The van der Waals surface area contributed by atoms with Gasteiger partial charge in [0.05, 0.1) is 18.2 Å². The number of rotatable bonds is 3. The maximum absolute atomic E-state index is 5.52. The number of hydrogen-bond donors (Lipinski definition) is 1. The first-order valence-corrected chi connectivity index (χ1v) is 7.79. The summed E-state index contributed by atoms with van der Waals surface area (Å²) < 4.78 is 5.52. The average Bonchev–Trinajstić information content (AvgIpc) is 3.04. The predicted octanol–water partition coefficient (Wildman–Crippen LogP) is 3.99. The molecule has 1 aliphatic heterocycles. The fourth-order valence-electron chi connectivity index (χ4n) is 2.22. The first-order chi connectivity index (χ1) is 9.52. The molecule has 2 heterocycles. The molecule has 1 aromatic carbocycles. The van der Waals surface area contributed by atoms with E-state index in [1.165, 1.54) is 15.4 Å². The zero-order chi connectivity index (χ0) is 14.2. The molecule has 0 bridgehead atoms. The second-order valence-electron chi connectivity index (χ2n) is 6.16. The van der Waals surface area contributed by atoms with Crippen LogP contribution in [0.2, 0.25) is 0 Å². The van der Waals surface area contributed by atoms with Crippen molar-refractivity contribution in [3.63, 3.8) is 0 Å². The van der Waals surface area contributed by atoms with Crippen molar-refractivity contribution in [2.75, 3.05) is 11.9 Å². The van der Waals surface area contributed by atoms with Gasteiger partial charge in [-0.25, -0.2) is 4.98 Å². The topological polar surface area (TPSA) is 34.2 Å². The lowest BCUT2D eigenvalue weighted by Gasteiger charge is -2.13. The summed E-state index contributed by atoms with van der Waals surface area (Å²) in [6, 6.07) is 6.32. The largest absolute Gasteiger partial charge is 0.493 e. The highest BCUT2D eigenvalue weighted by atomic mass is 32.1. The summed E-state index contributed by atoms with van der Waals surface area (Å²) >= 11 is 1.79. The molecule has 0 radical (unpaired) electrons. The molecule has 3 rings (SSSR count). The van der Waals surface area contributed by atoms with Crippen LogP contribution in [0.15, 0.2) is 24.4 Å². The van der Waals surface area contributed by atoms with Crippen LogP contribution >= 0.6 is 11.3 Å². The fraction of sp³-hybridized carbons (Fsp3) is 0.438. The van der Waals surface area contributed by atoms with Crippen LogP contribution < -0.4 is 10.1 Å². The summed E-state index contributed by atoms with van der Waals surface area (Å²) in [5.41, 5.74) is 2.59. The molecule has 0 spiro atoms. The molecule has 2 aromatic rings. The molecule has 0 saturated heterocycles. The molecule has 0 amide bonds. The van der Waals surface area contributed by atoms with Gasteiger partial charge in [-0.15, -0.1) is 11.3 Å². The monoisotopic (exact) mass is 288 g/mol. The number of aromatic nitrogens is 1. The third-order valence-corrected chi connectivity index (χ3v) is 4.77. The summed E-state index contributed by atoms with van der Waals surface area (Å²) in [7, 11) is 0. The summed E-state index contributed by atoms with van der Waals surface area (Å²) in [6.07, 6.45) is 2.99. The molecule has 0 fully saturated rings. The Morgan fingerprint density at radius 1 is 1.35 bits per heavy atom. The quantitative estimate of drug-likeness (QED) is 0.927. The Hall–Kier alpha value is -1.55. The van der Waals surface area contributed by atoms with E-state index in [0.29, 0.717) is 0 Å². The van der Waals surface area contributed by atoms with E-state index >= 15 is 0 Å². The van der Waals surface area contributed by atoms with E-state index < -0.39 is 0 Å². The fourth-order valence-corrected chi connectivity index (χ4v) is 3.13. The second-order valence-corrected chi connectivity index (χ2v) is 7.27. The van der Waals surface area contributed by atoms with Crippen molar-refractivity contribution in [2.24, 2.45) is 0 Å². The van der Waals surface area contributed by atoms with E-state index in [0.717, 1.165) is 31.0 Å². The number of anilines is 1. The molecule has 1 N–H and O–H groups in total. The van der Waals surface area contributed by atoms with Crippen LogP contribution in [-0.2, 0) is 18.4 Å². The van der Waals surface area contributed by atoms with Crippen molar-refractivity contribution < 1.29 is 4.74 Å². The normalized spacial score (nSPS) is 13.9. The molecule has 1 aliphatic rings. The lowest BCUT2D eigenvalue weighted by Crippen LogP contribution is -2.09. The highest BCUT2D eigenvalue weighted by Gasteiger charge is 2.18. The Kier molecular flexibility index (Phi) is 3.42. The third kappa shape index (κ3) is 2.80. The first-order valence-electron chi connectivity index (χ1n) is 6.97. The molecular formula is C16H20N2OS. The van der Waals surface area contributed by atoms with E-state index in [2.05, 4.69) is 49.3 Å².